The minimum Gasteiger partial charge on any atom is -0.340 e. The third kappa shape index (κ3) is 2.49. The van der Waals surface area contributed by atoms with E-state index in [1.807, 2.05) is 32.0 Å². The number of carbonyl (C=O) groups excluding carboxylic acids is 1. The van der Waals surface area contributed by atoms with Gasteiger partial charge < -0.3 is 5.32 Å². The zero-order valence-corrected chi connectivity index (χ0v) is 11.3. The molecule has 1 aliphatic rings. The molecule has 1 heterocycles. The van der Waals surface area contributed by atoms with Crippen molar-refractivity contribution in [3.63, 3.8) is 0 Å². The number of hydrogen-bond donors (Lipinski definition) is 2. The number of benzene rings is 1. The van der Waals surface area contributed by atoms with Crippen LogP contribution in [0.2, 0.25) is 0 Å². The summed E-state index contributed by atoms with van der Waals surface area (Å²) in [5.74, 6) is 0.493. The lowest BCUT2D eigenvalue weighted by atomic mass is 10.1. The van der Waals surface area contributed by atoms with Crippen LogP contribution in [0.4, 0.5) is 0 Å². The lowest BCUT2D eigenvalue weighted by Gasteiger charge is -2.09. The summed E-state index contributed by atoms with van der Waals surface area (Å²) in [4.78, 5) is 15.9. The van der Waals surface area contributed by atoms with Crippen molar-refractivity contribution in [2.75, 3.05) is 6.54 Å². The first-order chi connectivity index (χ1) is 8.11. The van der Waals surface area contributed by atoms with E-state index in [2.05, 4.69) is 31.6 Å². The number of hydrogen-bond acceptors (Lipinski definition) is 2. The topological polar surface area (TPSA) is 53.5 Å². The van der Waals surface area contributed by atoms with Gasteiger partial charge in [0, 0.05) is 11.0 Å². The number of carbonyl (C=O) groups is 1. The average Bonchev–Trinajstić information content (AvgIpc) is 2.64. The van der Waals surface area contributed by atoms with E-state index in [-0.39, 0.29) is 11.9 Å². The van der Waals surface area contributed by atoms with Gasteiger partial charge in [-0.3, -0.25) is 15.1 Å². The highest BCUT2D eigenvalue weighted by atomic mass is 79.9. The number of nitrogens with zero attached hydrogens (tertiary/aromatic N) is 1. The second kappa shape index (κ2) is 4.87. The smallest absolute Gasteiger partial charge is 0.253 e. The van der Waals surface area contributed by atoms with Crippen molar-refractivity contribution in [1.82, 2.24) is 10.6 Å². The number of nitrogens with one attached hydrogen (secondary N) is 2. The molecule has 0 aliphatic carbocycles. The molecule has 2 rings (SSSR count). The summed E-state index contributed by atoms with van der Waals surface area (Å²) in [5.41, 5.74) is 2.08. The molecule has 1 aromatic rings. The molecule has 5 heteroatoms. The predicted octanol–water partition coefficient (Wildman–Crippen LogP) is 1.89. The number of aliphatic imine (C=N–C) groups is 1. The standard InChI is InChI=1S/C12H14BrN3O/c1-3-14-12-15-10(11(17)16-12)8-5-4-7(2)9(13)6-8/h4-6,10H,3H2,1-2H3,(H2,14,15,16,17). The Bertz CT molecular complexity index is 485. The van der Waals surface area contributed by atoms with Gasteiger partial charge in [-0.15, -0.1) is 0 Å². The zero-order valence-electron chi connectivity index (χ0n) is 9.75. The number of halogens is 1. The fourth-order valence-electron chi connectivity index (χ4n) is 1.69. The molecule has 0 radical (unpaired) electrons. The van der Waals surface area contributed by atoms with E-state index >= 15 is 0 Å². The molecule has 17 heavy (non-hydrogen) atoms. The number of aryl methyl sites for hydroxylation is 1. The van der Waals surface area contributed by atoms with Crippen LogP contribution in [0, 0.1) is 6.92 Å². The van der Waals surface area contributed by atoms with Gasteiger partial charge in [0.1, 0.15) is 6.04 Å². The molecule has 1 unspecified atom stereocenters. The molecular weight excluding hydrogens is 282 g/mol. The predicted molar refractivity (Wildman–Crippen MR) is 70.9 cm³/mol. The van der Waals surface area contributed by atoms with Crippen LogP contribution in [0.1, 0.15) is 24.1 Å². The Labute approximate surface area is 109 Å². The van der Waals surface area contributed by atoms with Gasteiger partial charge >= 0.3 is 0 Å². The normalized spacial score (nSPS) is 21.5. The largest absolute Gasteiger partial charge is 0.340 e. The SMILES string of the molecule is CCN=C1NC(=O)C(c2ccc(C)c(Br)c2)N1. The highest BCUT2D eigenvalue weighted by Crippen LogP contribution is 2.23. The molecule has 1 amide bonds. The summed E-state index contributed by atoms with van der Waals surface area (Å²) in [7, 11) is 0. The summed E-state index contributed by atoms with van der Waals surface area (Å²) in [6.45, 7) is 4.59. The van der Waals surface area contributed by atoms with Crippen molar-refractivity contribution in [2.24, 2.45) is 4.99 Å². The van der Waals surface area contributed by atoms with Crippen LogP contribution in [0.15, 0.2) is 27.7 Å². The minimum atomic E-state index is -0.350. The fourth-order valence-corrected chi connectivity index (χ4v) is 2.09. The van der Waals surface area contributed by atoms with Gasteiger partial charge in [-0.25, -0.2) is 0 Å². The van der Waals surface area contributed by atoms with E-state index < -0.39 is 0 Å². The Morgan fingerprint density at radius 1 is 1.47 bits per heavy atom. The molecule has 4 nitrogen and oxygen atoms in total. The summed E-state index contributed by atoms with van der Waals surface area (Å²) >= 11 is 3.47. The third-order valence-corrected chi connectivity index (χ3v) is 3.48. The van der Waals surface area contributed by atoms with E-state index in [0.717, 1.165) is 15.6 Å². The van der Waals surface area contributed by atoms with Crippen LogP contribution in [0.25, 0.3) is 0 Å². The van der Waals surface area contributed by atoms with Gasteiger partial charge in [-0.05, 0) is 31.0 Å². The van der Waals surface area contributed by atoms with Crippen molar-refractivity contribution in [2.45, 2.75) is 19.9 Å². The van der Waals surface area contributed by atoms with Crippen molar-refractivity contribution < 1.29 is 4.79 Å². The molecule has 1 aliphatic heterocycles. The van der Waals surface area contributed by atoms with Crippen molar-refractivity contribution in [3.8, 4) is 0 Å². The lowest BCUT2D eigenvalue weighted by molar-refractivity contribution is -0.120. The molecule has 0 aromatic heterocycles. The number of rotatable bonds is 2. The van der Waals surface area contributed by atoms with Crippen LogP contribution < -0.4 is 10.6 Å². The molecule has 0 spiro atoms. The minimum absolute atomic E-state index is 0.0621. The Kier molecular flexibility index (Phi) is 3.47. The molecule has 1 atom stereocenters. The average molecular weight is 296 g/mol. The Morgan fingerprint density at radius 2 is 2.24 bits per heavy atom. The van der Waals surface area contributed by atoms with E-state index in [9.17, 15) is 4.79 Å². The Balaban J connectivity index is 2.26. The van der Waals surface area contributed by atoms with E-state index in [4.69, 9.17) is 0 Å². The fraction of sp³-hybridized carbons (Fsp3) is 0.333. The summed E-state index contributed by atoms with van der Waals surface area (Å²) < 4.78 is 1.01. The molecular formula is C12H14BrN3O. The van der Waals surface area contributed by atoms with Crippen molar-refractivity contribution in [3.05, 3.63) is 33.8 Å². The highest BCUT2D eigenvalue weighted by Gasteiger charge is 2.29. The summed E-state index contributed by atoms with van der Waals surface area (Å²) in [6, 6.07) is 5.55. The summed E-state index contributed by atoms with van der Waals surface area (Å²) in [5, 5.41) is 5.80. The van der Waals surface area contributed by atoms with E-state index in [1.165, 1.54) is 0 Å². The van der Waals surface area contributed by atoms with Crippen LogP contribution in [-0.4, -0.2) is 18.4 Å². The highest BCUT2D eigenvalue weighted by molar-refractivity contribution is 9.10. The zero-order chi connectivity index (χ0) is 12.4. The lowest BCUT2D eigenvalue weighted by Crippen LogP contribution is -2.25. The number of guanidine groups is 1. The molecule has 0 bridgehead atoms. The van der Waals surface area contributed by atoms with Crippen molar-refractivity contribution in [1.29, 1.82) is 0 Å². The Morgan fingerprint density at radius 3 is 2.88 bits per heavy atom. The van der Waals surface area contributed by atoms with Crippen LogP contribution >= 0.6 is 15.9 Å². The Hall–Kier alpha value is -1.36. The first-order valence-corrected chi connectivity index (χ1v) is 6.29. The molecule has 90 valence electrons. The maximum atomic E-state index is 11.8. The van der Waals surface area contributed by atoms with Crippen LogP contribution in [0.5, 0.6) is 0 Å². The monoisotopic (exact) mass is 295 g/mol. The molecule has 1 aromatic carbocycles. The van der Waals surface area contributed by atoms with E-state index in [0.29, 0.717) is 12.5 Å². The van der Waals surface area contributed by atoms with Crippen LogP contribution in [0.3, 0.4) is 0 Å². The van der Waals surface area contributed by atoms with Gasteiger partial charge in [0.05, 0.1) is 0 Å². The van der Waals surface area contributed by atoms with Gasteiger partial charge in [0.15, 0.2) is 5.96 Å². The first-order valence-electron chi connectivity index (χ1n) is 5.49. The van der Waals surface area contributed by atoms with Gasteiger partial charge in [-0.1, -0.05) is 28.1 Å². The maximum Gasteiger partial charge on any atom is 0.253 e. The summed E-state index contributed by atoms with van der Waals surface area (Å²) in [6.07, 6.45) is 0. The molecule has 1 fully saturated rings. The molecule has 2 N–H and O–H groups in total. The van der Waals surface area contributed by atoms with Crippen molar-refractivity contribution >= 4 is 27.8 Å². The third-order valence-electron chi connectivity index (χ3n) is 2.63. The van der Waals surface area contributed by atoms with E-state index in [1.54, 1.807) is 0 Å². The number of amides is 1. The van der Waals surface area contributed by atoms with Gasteiger partial charge in [0.2, 0.25) is 0 Å². The second-order valence-electron chi connectivity index (χ2n) is 3.90. The maximum absolute atomic E-state index is 11.8. The second-order valence-corrected chi connectivity index (χ2v) is 4.75. The molecule has 0 saturated carbocycles. The van der Waals surface area contributed by atoms with Gasteiger partial charge in [-0.2, -0.15) is 0 Å². The van der Waals surface area contributed by atoms with Gasteiger partial charge in [0.25, 0.3) is 5.91 Å². The first kappa shape index (κ1) is 12.1. The quantitative estimate of drug-likeness (QED) is 0.875. The molecule has 1 saturated heterocycles. The van der Waals surface area contributed by atoms with Crippen LogP contribution in [-0.2, 0) is 4.79 Å².